The van der Waals surface area contributed by atoms with Crippen LogP contribution in [0.5, 0.6) is 0 Å². The molecule has 1 N–H and O–H groups in total. The number of amides is 1. The van der Waals surface area contributed by atoms with Crippen LogP contribution in [0.2, 0.25) is 0 Å². The molecule has 4 rings (SSSR count). The number of aromatic nitrogens is 4. The van der Waals surface area contributed by atoms with Gasteiger partial charge in [-0.25, -0.2) is 4.68 Å². The number of tetrazole rings is 1. The summed E-state index contributed by atoms with van der Waals surface area (Å²) in [6.45, 7) is 5.54. The molecule has 1 fully saturated rings. The molecule has 1 aliphatic heterocycles. The summed E-state index contributed by atoms with van der Waals surface area (Å²) in [7, 11) is 0. The van der Waals surface area contributed by atoms with Gasteiger partial charge < -0.3 is 5.32 Å². The lowest BCUT2D eigenvalue weighted by Crippen LogP contribution is -2.32. The number of hydrogen-bond donors (Lipinski definition) is 1. The third kappa shape index (κ3) is 4.43. The van der Waals surface area contributed by atoms with Crippen LogP contribution >= 0.6 is 0 Å². The van der Waals surface area contributed by atoms with E-state index in [0.717, 1.165) is 36.9 Å². The van der Waals surface area contributed by atoms with Gasteiger partial charge in [0.15, 0.2) is 0 Å². The van der Waals surface area contributed by atoms with E-state index < -0.39 is 0 Å². The van der Waals surface area contributed by atoms with E-state index in [0.29, 0.717) is 5.56 Å². The van der Waals surface area contributed by atoms with E-state index in [1.807, 2.05) is 24.3 Å². The highest BCUT2D eigenvalue weighted by molar-refractivity contribution is 6.04. The fraction of sp³-hybridized carbons (Fsp3) is 0.333. The van der Waals surface area contributed by atoms with Gasteiger partial charge in [0.2, 0.25) is 0 Å². The molecule has 1 aliphatic rings. The Kier molecular flexibility index (Phi) is 5.43. The van der Waals surface area contributed by atoms with Crippen molar-refractivity contribution in [1.82, 2.24) is 25.1 Å². The monoisotopic (exact) mass is 376 g/mol. The van der Waals surface area contributed by atoms with Crippen molar-refractivity contribution >= 4 is 11.6 Å². The first-order chi connectivity index (χ1) is 13.7. The Hall–Kier alpha value is -3.06. The lowest BCUT2D eigenvalue weighted by molar-refractivity contribution is 0.102. The molecule has 2 heterocycles. The van der Waals surface area contributed by atoms with Crippen LogP contribution in [0.15, 0.2) is 54.9 Å². The van der Waals surface area contributed by atoms with Crippen molar-refractivity contribution in [2.75, 3.05) is 18.4 Å². The summed E-state index contributed by atoms with van der Waals surface area (Å²) in [5.41, 5.74) is 3.44. The minimum Gasteiger partial charge on any atom is -0.322 e. The number of anilines is 1. The van der Waals surface area contributed by atoms with E-state index in [-0.39, 0.29) is 5.91 Å². The predicted molar refractivity (Wildman–Crippen MR) is 107 cm³/mol. The molecule has 7 nitrogen and oxygen atoms in total. The zero-order chi connectivity index (χ0) is 19.3. The zero-order valence-electron chi connectivity index (χ0n) is 16.0. The summed E-state index contributed by atoms with van der Waals surface area (Å²) in [5.74, 6) is 0.696. The number of nitrogens with one attached hydrogen (secondary N) is 1. The molecule has 7 heteroatoms. The van der Waals surface area contributed by atoms with Gasteiger partial charge in [-0.1, -0.05) is 19.1 Å². The molecule has 1 saturated heterocycles. The van der Waals surface area contributed by atoms with Crippen molar-refractivity contribution in [1.29, 1.82) is 0 Å². The normalized spacial score (nSPS) is 15.5. The van der Waals surface area contributed by atoms with Crippen LogP contribution in [0.1, 0.15) is 35.7 Å². The van der Waals surface area contributed by atoms with Crippen LogP contribution in [0.25, 0.3) is 5.69 Å². The van der Waals surface area contributed by atoms with Gasteiger partial charge in [-0.05, 0) is 84.2 Å². The summed E-state index contributed by atoms with van der Waals surface area (Å²) in [6, 6.07) is 15.3. The first-order valence-corrected chi connectivity index (χ1v) is 9.63. The molecule has 2 aromatic carbocycles. The summed E-state index contributed by atoms with van der Waals surface area (Å²) < 4.78 is 1.55. The highest BCUT2D eigenvalue weighted by Crippen LogP contribution is 2.20. The van der Waals surface area contributed by atoms with Gasteiger partial charge >= 0.3 is 0 Å². The molecule has 0 radical (unpaired) electrons. The summed E-state index contributed by atoms with van der Waals surface area (Å²) >= 11 is 0. The van der Waals surface area contributed by atoms with E-state index in [1.54, 1.807) is 16.8 Å². The van der Waals surface area contributed by atoms with E-state index >= 15 is 0 Å². The summed E-state index contributed by atoms with van der Waals surface area (Å²) in [6.07, 6.45) is 4.04. The maximum absolute atomic E-state index is 12.6. The number of nitrogens with zero attached hydrogens (tertiary/aromatic N) is 5. The van der Waals surface area contributed by atoms with E-state index in [1.165, 1.54) is 24.7 Å². The SMILES string of the molecule is CC1CCN(Cc2cccc(NC(=O)c3ccc(-n4cnnn4)cc3)c2)CC1. The van der Waals surface area contributed by atoms with Gasteiger partial charge in [0, 0.05) is 17.8 Å². The minimum atomic E-state index is -0.132. The molecule has 1 amide bonds. The average molecular weight is 376 g/mol. The molecule has 0 unspecified atom stereocenters. The maximum atomic E-state index is 12.6. The lowest BCUT2D eigenvalue weighted by atomic mass is 9.99. The molecule has 0 aliphatic carbocycles. The fourth-order valence-electron chi connectivity index (χ4n) is 3.47. The molecule has 0 bridgehead atoms. The Morgan fingerprint density at radius 2 is 1.93 bits per heavy atom. The molecule has 1 aromatic heterocycles. The smallest absolute Gasteiger partial charge is 0.255 e. The second kappa shape index (κ2) is 8.31. The average Bonchev–Trinajstić information content (AvgIpc) is 3.25. The van der Waals surface area contributed by atoms with Crippen molar-refractivity contribution in [2.24, 2.45) is 5.92 Å². The zero-order valence-corrected chi connectivity index (χ0v) is 16.0. The Balaban J connectivity index is 1.39. The topological polar surface area (TPSA) is 75.9 Å². The van der Waals surface area contributed by atoms with Crippen LogP contribution in [-0.2, 0) is 6.54 Å². The Morgan fingerprint density at radius 1 is 1.14 bits per heavy atom. The van der Waals surface area contributed by atoms with Crippen LogP contribution in [0.4, 0.5) is 5.69 Å². The molecule has 3 aromatic rings. The molecule has 28 heavy (non-hydrogen) atoms. The van der Waals surface area contributed by atoms with E-state index in [9.17, 15) is 4.79 Å². The Labute approximate surface area is 164 Å². The number of carbonyl (C=O) groups excluding carboxylic acids is 1. The van der Waals surface area contributed by atoms with Gasteiger partial charge in [0.25, 0.3) is 5.91 Å². The third-order valence-corrected chi connectivity index (χ3v) is 5.21. The number of benzene rings is 2. The van der Waals surface area contributed by atoms with Crippen molar-refractivity contribution < 1.29 is 4.79 Å². The van der Waals surface area contributed by atoms with Crippen molar-refractivity contribution in [2.45, 2.75) is 26.3 Å². The molecule has 0 saturated carbocycles. The van der Waals surface area contributed by atoms with Crippen molar-refractivity contribution in [3.63, 3.8) is 0 Å². The molecule has 0 spiro atoms. The third-order valence-electron chi connectivity index (χ3n) is 5.21. The largest absolute Gasteiger partial charge is 0.322 e. The first-order valence-electron chi connectivity index (χ1n) is 9.63. The molecular weight excluding hydrogens is 352 g/mol. The van der Waals surface area contributed by atoms with Gasteiger partial charge in [0.05, 0.1) is 5.69 Å². The second-order valence-corrected chi connectivity index (χ2v) is 7.41. The van der Waals surface area contributed by atoms with E-state index in [2.05, 4.69) is 44.8 Å². The Bertz CT molecular complexity index is 914. The number of piperidine rings is 1. The molecule has 144 valence electrons. The van der Waals surface area contributed by atoms with Gasteiger partial charge in [-0.3, -0.25) is 9.69 Å². The van der Waals surface area contributed by atoms with E-state index in [4.69, 9.17) is 0 Å². The van der Waals surface area contributed by atoms with Crippen LogP contribution in [0.3, 0.4) is 0 Å². The number of carbonyl (C=O) groups is 1. The minimum absolute atomic E-state index is 0.132. The number of hydrogen-bond acceptors (Lipinski definition) is 5. The van der Waals surface area contributed by atoms with Crippen LogP contribution in [-0.4, -0.2) is 44.1 Å². The summed E-state index contributed by atoms with van der Waals surface area (Å²) in [4.78, 5) is 15.1. The first kappa shape index (κ1) is 18.3. The number of rotatable bonds is 5. The molecule has 0 atom stereocenters. The van der Waals surface area contributed by atoms with Gasteiger partial charge in [0.1, 0.15) is 6.33 Å². The van der Waals surface area contributed by atoms with Gasteiger partial charge in [-0.15, -0.1) is 5.10 Å². The predicted octanol–water partition coefficient (Wildman–Crippen LogP) is 3.15. The Morgan fingerprint density at radius 3 is 2.64 bits per heavy atom. The maximum Gasteiger partial charge on any atom is 0.255 e. The van der Waals surface area contributed by atoms with Crippen LogP contribution < -0.4 is 5.32 Å². The van der Waals surface area contributed by atoms with Crippen molar-refractivity contribution in [3.05, 3.63) is 66.0 Å². The number of likely N-dealkylation sites (tertiary alicyclic amines) is 1. The van der Waals surface area contributed by atoms with Crippen molar-refractivity contribution in [3.8, 4) is 5.69 Å². The van der Waals surface area contributed by atoms with Gasteiger partial charge in [-0.2, -0.15) is 0 Å². The highest BCUT2D eigenvalue weighted by Gasteiger charge is 2.16. The fourth-order valence-corrected chi connectivity index (χ4v) is 3.47. The molecular formula is C21H24N6O. The summed E-state index contributed by atoms with van der Waals surface area (Å²) in [5, 5.41) is 14.1. The lowest BCUT2D eigenvalue weighted by Gasteiger charge is -2.30. The quantitative estimate of drug-likeness (QED) is 0.740. The second-order valence-electron chi connectivity index (χ2n) is 7.41. The van der Waals surface area contributed by atoms with Crippen LogP contribution in [0, 0.1) is 5.92 Å². The standard InChI is InChI=1S/C21H24N6O/c1-16-9-11-26(12-10-16)14-17-3-2-4-19(13-17)23-21(28)18-5-7-20(8-6-18)27-15-22-24-25-27/h2-8,13,15-16H,9-12,14H2,1H3,(H,23,28). The highest BCUT2D eigenvalue weighted by atomic mass is 16.1.